The minimum absolute atomic E-state index is 0. The van der Waals surface area contributed by atoms with Gasteiger partial charge in [-0.3, -0.25) is 4.99 Å². The molecular formula is C13H13IN2O. The second-order valence-corrected chi connectivity index (χ2v) is 3.58. The van der Waals surface area contributed by atoms with Crippen LogP contribution in [0.1, 0.15) is 5.56 Å². The molecule has 0 saturated heterocycles. The number of pyridine rings is 1. The smallest absolute Gasteiger partial charge is 0.177 e. The number of hydrogen-bond acceptors (Lipinski definition) is 2. The van der Waals surface area contributed by atoms with Gasteiger partial charge < -0.3 is 29.1 Å². The van der Waals surface area contributed by atoms with Crippen molar-refractivity contribution in [3.05, 3.63) is 54.4 Å². The first-order valence-electron chi connectivity index (χ1n) is 5.02. The monoisotopic (exact) mass is 340 g/mol. The lowest BCUT2D eigenvalue weighted by Gasteiger charge is -1.94. The van der Waals surface area contributed by atoms with Gasteiger partial charge in [0.25, 0.3) is 0 Å². The summed E-state index contributed by atoms with van der Waals surface area (Å²) in [6, 6.07) is 10.8. The summed E-state index contributed by atoms with van der Waals surface area (Å²) >= 11 is 0. The number of aliphatic imine (C=N–C) groups is 1. The van der Waals surface area contributed by atoms with E-state index in [1.54, 1.807) is 30.5 Å². The lowest BCUT2D eigenvalue weighted by molar-refractivity contribution is -0.671. The van der Waals surface area contributed by atoms with Gasteiger partial charge in [0.2, 0.25) is 0 Å². The summed E-state index contributed by atoms with van der Waals surface area (Å²) in [5.41, 5.74) is 1.86. The van der Waals surface area contributed by atoms with Crippen molar-refractivity contribution < 1.29 is 33.7 Å². The normalized spacial score (nSPS) is 10.2. The Bertz CT molecular complexity index is 509. The molecule has 2 aromatic rings. The van der Waals surface area contributed by atoms with Crippen LogP contribution in [-0.2, 0) is 7.05 Å². The van der Waals surface area contributed by atoms with Gasteiger partial charge in [-0.1, -0.05) is 0 Å². The summed E-state index contributed by atoms with van der Waals surface area (Å²) in [5.74, 6) is 0.255. The van der Waals surface area contributed by atoms with Crippen LogP contribution in [0.25, 0.3) is 0 Å². The number of aromatic hydroxyl groups is 1. The molecule has 0 aliphatic rings. The van der Waals surface area contributed by atoms with Gasteiger partial charge in [-0.25, -0.2) is 4.57 Å². The van der Waals surface area contributed by atoms with Crippen LogP contribution in [0.2, 0.25) is 0 Å². The molecule has 0 aliphatic carbocycles. The molecule has 1 aromatic carbocycles. The van der Waals surface area contributed by atoms with E-state index in [1.165, 1.54) is 0 Å². The number of benzene rings is 1. The average molecular weight is 340 g/mol. The predicted octanol–water partition coefficient (Wildman–Crippen LogP) is -1.03. The number of aryl methyl sites for hydroxylation is 1. The summed E-state index contributed by atoms with van der Waals surface area (Å²) < 4.78 is 1.97. The van der Waals surface area contributed by atoms with Crippen LogP contribution >= 0.6 is 0 Å². The van der Waals surface area contributed by atoms with E-state index in [0.29, 0.717) is 0 Å². The fraction of sp³-hybridized carbons (Fsp3) is 0.0769. The van der Waals surface area contributed by atoms with Crippen LogP contribution in [0.15, 0.2) is 53.8 Å². The largest absolute Gasteiger partial charge is 1.00 e. The molecule has 0 spiro atoms. The van der Waals surface area contributed by atoms with Crippen molar-refractivity contribution in [3.8, 4) is 5.75 Å². The Balaban J connectivity index is 0.00000144. The Morgan fingerprint density at radius 2 is 1.88 bits per heavy atom. The van der Waals surface area contributed by atoms with Gasteiger partial charge in [0.1, 0.15) is 12.8 Å². The van der Waals surface area contributed by atoms with Gasteiger partial charge in [-0.15, -0.1) is 0 Å². The number of rotatable bonds is 2. The molecule has 0 radical (unpaired) electrons. The Morgan fingerprint density at radius 1 is 1.18 bits per heavy atom. The summed E-state index contributed by atoms with van der Waals surface area (Å²) in [6.07, 6.45) is 5.76. The van der Waals surface area contributed by atoms with E-state index in [1.807, 2.05) is 36.1 Å². The van der Waals surface area contributed by atoms with Gasteiger partial charge in [-0.05, 0) is 30.3 Å². The molecular weight excluding hydrogens is 327 g/mol. The molecule has 17 heavy (non-hydrogen) atoms. The highest BCUT2D eigenvalue weighted by Crippen LogP contribution is 2.16. The quantitative estimate of drug-likeness (QED) is 0.424. The van der Waals surface area contributed by atoms with E-state index in [-0.39, 0.29) is 29.7 Å². The maximum atomic E-state index is 9.12. The minimum atomic E-state index is 0. The number of hydrogen-bond donors (Lipinski definition) is 1. The first-order chi connectivity index (χ1) is 7.74. The summed E-state index contributed by atoms with van der Waals surface area (Å²) in [6.45, 7) is 0. The number of halogens is 1. The van der Waals surface area contributed by atoms with Crippen LogP contribution in [0.3, 0.4) is 0 Å². The van der Waals surface area contributed by atoms with E-state index in [9.17, 15) is 0 Å². The molecule has 0 fully saturated rings. The molecule has 0 amide bonds. The molecule has 0 atom stereocenters. The van der Waals surface area contributed by atoms with E-state index in [0.717, 1.165) is 11.3 Å². The number of phenolic OH excluding ortho intramolecular Hbond substituents is 1. The highest BCUT2D eigenvalue weighted by atomic mass is 127. The highest BCUT2D eigenvalue weighted by Gasteiger charge is 1.94. The van der Waals surface area contributed by atoms with Crippen LogP contribution in [-0.4, -0.2) is 11.3 Å². The van der Waals surface area contributed by atoms with E-state index in [2.05, 4.69) is 4.99 Å². The highest BCUT2D eigenvalue weighted by molar-refractivity contribution is 5.81. The van der Waals surface area contributed by atoms with Gasteiger partial charge in [-0.2, -0.15) is 0 Å². The van der Waals surface area contributed by atoms with Gasteiger partial charge >= 0.3 is 0 Å². The van der Waals surface area contributed by atoms with E-state index >= 15 is 0 Å². The zero-order valence-electron chi connectivity index (χ0n) is 9.42. The number of phenols is 1. The zero-order chi connectivity index (χ0) is 11.4. The van der Waals surface area contributed by atoms with Crippen molar-refractivity contribution >= 4 is 11.9 Å². The molecule has 1 N–H and O–H groups in total. The van der Waals surface area contributed by atoms with Crippen molar-refractivity contribution in [2.45, 2.75) is 0 Å². The van der Waals surface area contributed by atoms with E-state index < -0.39 is 0 Å². The maximum Gasteiger partial charge on any atom is 0.177 e. The van der Waals surface area contributed by atoms with Crippen molar-refractivity contribution in [1.82, 2.24) is 0 Å². The standard InChI is InChI=1S/C13H12N2O.HI/c1-15-8-2-3-11(10-15)9-14-12-4-6-13(16)7-5-12;/h2-10H,1H3;1H. The predicted molar refractivity (Wildman–Crippen MR) is 63.0 cm³/mol. The lowest BCUT2D eigenvalue weighted by Crippen LogP contribution is -3.00. The molecule has 88 valence electrons. The third-order valence-electron chi connectivity index (χ3n) is 2.17. The van der Waals surface area contributed by atoms with Crippen molar-refractivity contribution in [3.63, 3.8) is 0 Å². The lowest BCUT2D eigenvalue weighted by atomic mass is 10.3. The molecule has 1 aromatic heterocycles. The molecule has 2 rings (SSSR count). The summed E-state index contributed by atoms with van der Waals surface area (Å²) in [5, 5.41) is 9.12. The van der Waals surface area contributed by atoms with Gasteiger partial charge in [0, 0.05) is 12.3 Å². The third-order valence-corrected chi connectivity index (χ3v) is 2.17. The first-order valence-corrected chi connectivity index (χ1v) is 5.02. The van der Waals surface area contributed by atoms with Crippen molar-refractivity contribution in [2.75, 3.05) is 0 Å². The number of aromatic nitrogens is 1. The van der Waals surface area contributed by atoms with Gasteiger partial charge in [0.15, 0.2) is 12.4 Å². The average Bonchev–Trinajstić information content (AvgIpc) is 2.28. The topological polar surface area (TPSA) is 36.5 Å². The summed E-state index contributed by atoms with van der Waals surface area (Å²) in [4.78, 5) is 4.31. The fourth-order valence-corrected chi connectivity index (χ4v) is 1.38. The maximum absolute atomic E-state index is 9.12. The summed E-state index contributed by atoms with van der Waals surface area (Å²) in [7, 11) is 1.97. The molecule has 0 aliphatic heterocycles. The Kier molecular flexibility index (Phi) is 5.09. The SMILES string of the molecule is C[n+]1cccc(C=Nc2ccc(O)cc2)c1.[I-]. The number of nitrogens with zero attached hydrogens (tertiary/aromatic N) is 2. The Labute approximate surface area is 117 Å². The fourth-order valence-electron chi connectivity index (χ4n) is 1.38. The Hall–Kier alpha value is -1.43. The molecule has 1 heterocycles. The first kappa shape index (κ1) is 13.6. The van der Waals surface area contributed by atoms with Crippen LogP contribution < -0.4 is 28.5 Å². The second kappa shape index (κ2) is 6.34. The molecule has 0 bridgehead atoms. The zero-order valence-corrected chi connectivity index (χ0v) is 11.6. The minimum Gasteiger partial charge on any atom is -1.00 e. The second-order valence-electron chi connectivity index (χ2n) is 3.58. The third kappa shape index (κ3) is 4.14. The van der Waals surface area contributed by atoms with Crippen molar-refractivity contribution in [1.29, 1.82) is 0 Å². The Morgan fingerprint density at radius 3 is 2.53 bits per heavy atom. The molecule has 0 unspecified atom stereocenters. The molecule has 0 saturated carbocycles. The van der Waals surface area contributed by atoms with E-state index in [4.69, 9.17) is 5.11 Å². The van der Waals surface area contributed by atoms with Crippen LogP contribution in [0.4, 0.5) is 5.69 Å². The van der Waals surface area contributed by atoms with Crippen molar-refractivity contribution in [2.24, 2.45) is 12.0 Å². The van der Waals surface area contributed by atoms with Gasteiger partial charge in [0.05, 0.1) is 11.3 Å². The molecule has 4 heteroatoms. The van der Waals surface area contributed by atoms with Crippen LogP contribution in [0, 0.1) is 0 Å². The van der Waals surface area contributed by atoms with Crippen LogP contribution in [0.5, 0.6) is 5.75 Å². The molecule has 3 nitrogen and oxygen atoms in total.